The van der Waals surface area contributed by atoms with Crippen LogP contribution in [0.4, 0.5) is 0 Å². The lowest BCUT2D eigenvalue weighted by Gasteiger charge is -2.08. The van der Waals surface area contributed by atoms with Crippen LogP contribution >= 0.6 is 0 Å². The first-order valence-electron chi connectivity index (χ1n) is 4.79. The molecular weight excluding hydrogens is 194 g/mol. The summed E-state index contributed by atoms with van der Waals surface area (Å²) < 4.78 is 5.37. The van der Waals surface area contributed by atoms with Crippen molar-refractivity contribution >= 4 is 10.9 Å². The number of aliphatic hydroxyl groups is 2. The van der Waals surface area contributed by atoms with Crippen molar-refractivity contribution in [3.05, 3.63) is 30.5 Å². The SMILES string of the molecule is OCC(O)COc1c[nH]c2ccccc12. The van der Waals surface area contributed by atoms with E-state index in [0.29, 0.717) is 5.75 Å². The van der Waals surface area contributed by atoms with Crippen molar-refractivity contribution in [2.75, 3.05) is 13.2 Å². The minimum absolute atomic E-state index is 0.0956. The van der Waals surface area contributed by atoms with E-state index in [4.69, 9.17) is 14.9 Å². The fourth-order valence-corrected chi connectivity index (χ4v) is 1.40. The van der Waals surface area contributed by atoms with E-state index in [1.807, 2.05) is 24.3 Å². The van der Waals surface area contributed by atoms with Gasteiger partial charge in [-0.15, -0.1) is 0 Å². The van der Waals surface area contributed by atoms with Crippen molar-refractivity contribution in [2.24, 2.45) is 0 Å². The molecule has 1 atom stereocenters. The molecule has 1 aromatic carbocycles. The molecule has 0 fully saturated rings. The maximum absolute atomic E-state index is 9.14. The number of benzene rings is 1. The van der Waals surface area contributed by atoms with Crippen molar-refractivity contribution < 1.29 is 14.9 Å². The lowest BCUT2D eigenvalue weighted by molar-refractivity contribution is 0.0541. The average Bonchev–Trinajstić information content (AvgIpc) is 2.69. The number of ether oxygens (including phenoxy) is 1. The number of hydrogen-bond acceptors (Lipinski definition) is 3. The minimum Gasteiger partial charge on any atom is -0.489 e. The van der Waals surface area contributed by atoms with E-state index < -0.39 is 6.10 Å². The van der Waals surface area contributed by atoms with Gasteiger partial charge in [0, 0.05) is 17.1 Å². The predicted molar refractivity (Wildman–Crippen MR) is 56.9 cm³/mol. The van der Waals surface area contributed by atoms with Crippen LogP contribution < -0.4 is 4.74 Å². The van der Waals surface area contributed by atoms with Crippen LogP contribution in [0.2, 0.25) is 0 Å². The lowest BCUT2D eigenvalue weighted by Crippen LogP contribution is -2.21. The molecule has 15 heavy (non-hydrogen) atoms. The maximum Gasteiger partial charge on any atom is 0.144 e. The second-order valence-corrected chi connectivity index (χ2v) is 3.35. The second-order valence-electron chi connectivity index (χ2n) is 3.35. The lowest BCUT2D eigenvalue weighted by atomic mass is 10.2. The van der Waals surface area contributed by atoms with Crippen LogP contribution in [0.25, 0.3) is 10.9 Å². The Hall–Kier alpha value is -1.52. The molecule has 2 aromatic rings. The largest absolute Gasteiger partial charge is 0.489 e. The minimum atomic E-state index is -0.835. The summed E-state index contributed by atoms with van der Waals surface area (Å²) in [5.41, 5.74) is 0.992. The van der Waals surface area contributed by atoms with E-state index in [1.165, 1.54) is 0 Å². The van der Waals surface area contributed by atoms with E-state index in [0.717, 1.165) is 10.9 Å². The van der Waals surface area contributed by atoms with Crippen molar-refractivity contribution in [3.63, 3.8) is 0 Å². The first-order chi connectivity index (χ1) is 7.31. The molecule has 0 bridgehead atoms. The van der Waals surface area contributed by atoms with Crippen LogP contribution in [-0.2, 0) is 0 Å². The molecule has 1 unspecified atom stereocenters. The molecule has 0 aliphatic carbocycles. The number of para-hydroxylation sites is 1. The molecule has 80 valence electrons. The standard InChI is InChI=1S/C11H13NO3/c13-6-8(14)7-15-11-5-12-10-4-2-1-3-9(10)11/h1-5,8,12-14H,6-7H2. The number of aliphatic hydroxyl groups excluding tert-OH is 2. The first-order valence-corrected chi connectivity index (χ1v) is 4.79. The monoisotopic (exact) mass is 207 g/mol. The molecule has 0 saturated carbocycles. The first kappa shape index (κ1) is 10.0. The van der Waals surface area contributed by atoms with Gasteiger partial charge < -0.3 is 19.9 Å². The zero-order chi connectivity index (χ0) is 10.7. The normalized spacial score (nSPS) is 12.9. The maximum atomic E-state index is 9.14. The van der Waals surface area contributed by atoms with Crippen molar-refractivity contribution in [1.82, 2.24) is 4.98 Å². The fourth-order valence-electron chi connectivity index (χ4n) is 1.40. The molecule has 4 heteroatoms. The highest BCUT2D eigenvalue weighted by Gasteiger charge is 2.06. The van der Waals surface area contributed by atoms with Gasteiger partial charge in [-0.2, -0.15) is 0 Å². The van der Waals surface area contributed by atoms with Crippen LogP contribution in [0.15, 0.2) is 30.5 Å². The molecule has 0 spiro atoms. The summed E-state index contributed by atoms with van der Waals surface area (Å²) in [4.78, 5) is 3.06. The molecule has 1 heterocycles. The van der Waals surface area contributed by atoms with Gasteiger partial charge in [-0.1, -0.05) is 12.1 Å². The van der Waals surface area contributed by atoms with E-state index in [9.17, 15) is 0 Å². The number of fused-ring (bicyclic) bond motifs is 1. The third kappa shape index (κ3) is 2.11. The summed E-state index contributed by atoms with van der Waals surface area (Å²) in [6.45, 7) is -0.194. The zero-order valence-electron chi connectivity index (χ0n) is 8.18. The van der Waals surface area contributed by atoms with Gasteiger partial charge in [0.25, 0.3) is 0 Å². The highest BCUT2D eigenvalue weighted by molar-refractivity contribution is 5.85. The summed E-state index contributed by atoms with van der Waals surface area (Å²) in [7, 11) is 0. The van der Waals surface area contributed by atoms with Crippen LogP contribution in [0.3, 0.4) is 0 Å². The Kier molecular flexibility index (Phi) is 2.89. The zero-order valence-corrected chi connectivity index (χ0v) is 8.18. The molecule has 0 saturated heterocycles. The molecule has 1 aromatic heterocycles. The average molecular weight is 207 g/mol. The van der Waals surface area contributed by atoms with Crippen LogP contribution in [0.5, 0.6) is 5.75 Å². The highest BCUT2D eigenvalue weighted by Crippen LogP contribution is 2.24. The summed E-state index contributed by atoms with van der Waals surface area (Å²) >= 11 is 0. The van der Waals surface area contributed by atoms with Gasteiger partial charge in [0.15, 0.2) is 0 Å². The number of aromatic amines is 1. The van der Waals surface area contributed by atoms with Gasteiger partial charge in [0.05, 0.1) is 6.61 Å². The van der Waals surface area contributed by atoms with Gasteiger partial charge in [-0.25, -0.2) is 0 Å². The van der Waals surface area contributed by atoms with E-state index in [2.05, 4.69) is 4.98 Å². The summed E-state index contributed by atoms with van der Waals surface area (Å²) in [5.74, 6) is 0.693. The smallest absolute Gasteiger partial charge is 0.144 e. The number of rotatable bonds is 4. The molecule has 4 nitrogen and oxygen atoms in total. The Bertz CT molecular complexity index is 438. The molecule has 0 radical (unpaired) electrons. The molecule has 2 rings (SSSR count). The second kappa shape index (κ2) is 4.33. The van der Waals surface area contributed by atoms with Crippen molar-refractivity contribution in [2.45, 2.75) is 6.10 Å². The van der Waals surface area contributed by atoms with Gasteiger partial charge in [0.1, 0.15) is 18.5 Å². The van der Waals surface area contributed by atoms with Gasteiger partial charge in [-0.3, -0.25) is 0 Å². The highest BCUT2D eigenvalue weighted by atomic mass is 16.5. The summed E-state index contributed by atoms with van der Waals surface area (Å²) in [6, 6.07) is 7.74. The number of H-pyrrole nitrogens is 1. The van der Waals surface area contributed by atoms with Gasteiger partial charge >= 0.3 is 0 Å². The van der Waals surface area contributed by atoms with Crippen LogP contribution in [0, 0.1) is 0 Å². The predicted octanol–water partition coefficient (Wildman–Crippen LogP) is 0.900. The summed E-state index contributed by atoms with van der Waals surface area (Å²) in [5, 5.41) is 18.8. The molecule has 0 amide bonds. The summed E-state index contributed by atoms with van der Waals surface area (Å²) in [6.07, 6.45) is 0.910. The Morgan fingerprint density at radius 1 is 1.33 bits per heavy atom. The Labute approximate surface area is 87.1 Å². The van der Waals surface area contributed by atoms with Crippen molar-refractivity contribution in [3.8, 4) is 5.75 Å². The van der Waals surface area contributed by atoms with Crippen molar-refractivity contribution in [1.29, 1.82) is 0 Å². The van der Waals surface area contributed by atoms with Crippen LogP contribution in [0.1, 0.15) is 0 Å². The number of nitrogens with one attached hydrogen (secondary N) is 1. The fraction of sp³-hybridized carbons (Fsp3) is 0.273. The Morgan fingerprint density at radius 3 is 2.93 bits per heavy atom. The molecule has 3 N–H and O–H groups in total. The third-order valence-corrected chi connectivity index (χ3v) is 2.19. The Morgan fingerprint density at radius 2 is 2.13 bits per heavy atom. The van der Waals surface area contributed by atoms with Gasteiger partial charge in [-0.05, 0) is 12.1 Å². The number of hydrogen-bond donors (Lipinski definition) is 3. The topological polar surface area (TPSA) is 65.5 Å². The van der Waals surface area contributed by atoms with E-state index in [1.54, 1.807) is 6.20 Å². The Balaban J connectivity index is 2.14. The molecule has 0 aliphatic heterocycles. The number of aromatic nitrogens is 1. The quantitative estimate of drug-likeness (QED) is 0.697. The molecular formula is C11H13NO3. The molecule has 0 aliphatic rings. The van der Waals surface area contributed by atoms with E-state index >= 15 is 0 Å². The third-order valence-electron chi connectivity index (χ3n) is 2.19. The van der Waals surface area contributed by atoms with E-state index in [-0.39, 0.29) is 13.2 Å². The van der Waals surface area contributed by atoms with Crippen LogP contribution in [-0.4, -0.2) is 34.5 Å². The van der Waals surface area contributed by atoms with Gasteiger partial charge in [0.2, 0.25) is 0 Å².